The zero-order chi connectivity index (χ0) is 10.9. The van der Waals surface area contributed by atoms with Gasteiger partial charge in [0.25, 0.3) is 0 Å². The molecule has 0 aromatic rings. The second-order valence-corrected chi connectivity index (χ2v) is 3.96. The molecule has 0 aliphatic carbocycles. The first-order valence-electron chi connectivity index (χ1n) is 4.84. The molecule has 0 radical (unpaired) electrons. The van der Waals surface area contributed by atoms with Crippen LogP contribution in [0.3, 0.4) is 0 Å². The summed E-state index contributed by atoms with van der Waals surface area (Å²) in [7, 11) is 0. The van der Waals surface area contributed by atoms with Gasteiger partial charge in [0, 0.05) is 13.5 Å². The van der Waals surface area contributed by atoms with Crippen molar-refractivity contribution in [1.29, 1.82) is 0 Å². The van der Waals surface area contributed by atoms with Crippen molar-refractivity contribution in [2.24, 2.45) is 17.6 Å². The number of rotatable bonds is 3. The molecule has 3 N–H and O–H groups in total. The molecule has 0 unspecified atom stereocenters. The van der Waals surface area contributed by atoms with Gasteiger partial charge in [-0.05, 0) is 18.4 Å². The first-order chi connectivity index (χ1) is 5.90. The highest BCUT2D eigenvalue weighted by atomic mass is 16.1. The van der Waals surface area contributed by atoms with Crippen molar-refractivity contribution in [3.8, 4) is 0 Å². The number of carbonyl (C=O) groups is 1. The lowest BCUT2D eigenvalue weighted by molar-refractivity contribution is -0.119. The van der Waals surface area contributed by atoms with Gasteiger partial charge in [-0.15, -0.1) is 0 Å². The minimum Gasteiger partial charge on any atom is -0.356 e. The van der Waals surface area contributed by atoms with E-state index in [9.17, 15) is 4.79 Å². The highest BCUT2D eigenvalue weighted by Gasteiger charge is 1.92. The first kappa shape index (κ1) is 14.9. The normalized spacial score (nSPS) is 9.54. The summed E-state index contributed by atoms with van der Waals surface area (Å²) in [6, 6.07) is 0. The van der Waals surface area contributed by atoms with Gasteiger partial charge in [-0.25, -0.2) is 0 Å². The van der Waals surface area contributed by atoms with Crippen molar-refractivity contribution in [2.45, 2.75) is 34.6 Å². The molecule has 0 aliphatic heterocycles. The predicted molar refractivity (Wildman–Crippen MR) is 57.4 cm³/mol. The molecule has 0 saturated carbocycles. The van der Waals surface area contributed by atoms with E-state index in [1.54, 1.807) is 0 Å². The van der Waals surface area contributed by atoms with Crippen LogP contribution in [-0.2, 0) is 4.79 Å². The molecule has 0 fully saturated rings. The van der Waals surface area contributed by atoms with E-state index in [0.717, 1.165) is 13.1 Å². The average Bonchev–Trinajstić information content (AvgIpc) is 2.02. The van der Waals surface area contributed by atoms with Crippen LogP contribution < -0.4 is 11.1 Å². The summed E-state index contributed by atoms with van der Waals surface area (Å²) in [5, 5.41) is 2.71. The van der Waals surface area contributed by atoms with Crippen LogP contribution in [0.4, 0.5) is 0 Å². The molecule has 0 aliphatic rings. The van der Waals surface area contributed by atoms with E-state index in [1.807, 2.05) is 0 Å². The van der Waals surface area contributed by atoms with Crippen molar-refractivity contribution < 1.29 is 4.79 Å². The van der Waals surface area contributed by atoms with Gasteiger partial charge in [0.2, 0.25) is 5.91 Å². The van der Waals surface area contributed by atoms with Crippen LogP contribution in [0.5, 0.6) is 0 Å². The molecule has 0 atom stereocenters. The van der Waals surface area contributed by atoms with Crippen LogP contribution in [0, 0.1) is 11.8 Å². The quantitative estimate of drug-likeness (QED) is 0.703. The Balaban J connectivity index is 0. The van der Waals surface area contributed by atoms with Gasteiger partial charge >= 0.3 is 0 Å². The molecule has 1 amide bonds. The lowest BCUT2D eigenvalue weighted by Crippen LogP contribution is -2.24. The molecule has 0 saturated heterocycles. The topological polar surface area (TPSA) is 55.1 Å². The van der Waals surface area contributed by atoms with E-state index in [2.05, 4.69) is 33.0 Å². The third-order valence-corrected chi connectivity index (χ3v) is 1.23. The zero-order valence-corrected chi connectivity index (χ0v) is 9.55. The van der Waals surface area contributed by atoms with Crippen LogP contribution >= 0.6 is 0 Å². The predicted octanol–water partition coefficient (Wildman–Crippen LogP) is 1.38. The van der Waals surface area contributed by atoms with Crippen molar-refractivity contribution in [3.05, 3.63) is 0 Å². The third-order valence-electron chi connectivity index (χ3n) is 1.23. The molecule has 13 heavy (non-hydrogen) atoms. The highest BCUT2D eigenvalue weighted by molar-refractivity contribution is 5.72. The van der Waals surface area contributed by atoms with Crippen LogP contribution in [-0.4, -0.2) is 19.0 Å². The van der Waals surface area contributed by atoms with Crippen molar-refractivity contribution in [3.63, 3.8) is 0 Å². The van der Waals surface area contributed by atoms with E-state index >= 15 is 0 Å². The Hall–Kier alpha value is -0.570. The minimum absolute atomic E-state index is 0.0544. The van der Waals surface area contributed by atoms with E-state index in [0.29, 0.717) is 11.8 Å². The van der Waals surface area contributed by atoms with E-state index in [1.165, 1.54) is 6.92 Å². The van der Waals surface area contributed by atoms with Gasteiger partial charge in [0.15, 0.2) is 0 Å². The maximum absolute atomic E-state index is 10.2. The summed E-state index contributed by atoms with van der Waals surface area (Å²) in [6.07, 6.45) is 0. The van der Waals surface area contributed by atoms with E-state index in [4.69, 9.17) is 5.73 Å². The molecule has 0 bridgehead atoms. The van der Waals surface area contributed by atoms with E-state index < -0.39 is 0 Å². The molecule has 0 aromatic carbocycles. The monoisotopic (exact) mass is 188 g/mol. The summed E-state index contributed by atoms with van der Waals surface area (Å²) >= 11 is 0. The molecule has 80 valence electrons. The Bertz CT molecular complexity index is 122. The number of hydrogen-bond acceptors (Lipinski definition) is 2. The number of amides is 1. The number of hydrogen-bond donors (Lipinski definition) is 2. The number of nitrogens with one attached hydrogen (secondary N) is 1. The molecular formula is C10H24N2O. The Kier molecular flexibility index (Phi) is 10.9. The Labute approximate surface area is 82.1 Å². The van der Waals surface area contributed by atoms with Crippen LogP contribution in [0.25, 0.3) is 0 Å². The zero-order valence-electron chi connectivity index (χ0n) is 9.55. The second kappa shape index (κ2) is 9.52. The second-order valence-electron chi connectivity index (χ2n) is 3.96. The Morgan fingerprint density at radius 1 is 1.23 bits per heavy atom. The summed E-state index contributed by atoms with van der Waals surface area (Å²) in [4.78, 5) is 10.2. The number of nitrogens with two attached hydrogens (primary N) is 1. The van der Waals surface area contributed by atoms with Crippen LogP contribution in [0.2, 0.25) is 0 Å². The summed E-state index contributed by atoms with van der Waals surface area (Å²) in [5.41, 5.74) is 5.17. The van der Waals surface area contributed by atoms with Crippen LogP contribution in [0.1, 0.15) is 34.6 Å². The molecule has 0 rings (SSSR count). The summed E-state index contributed by atoms with van der Waals surface area (Å²) < 4.78 is 0. The lowest BCUT2D eigenvalue weighted by atomic mass is 10.2. The van der Waals surface area contributed by atoms with Gasteiger partial charge in [0.1, 0.15) is 0 Å². The first-order valence-corrected chi connectivity index (χ1v) is 4.84. The fourth-order valence-corrected chi connectivity index (χ4v) is 0.348. The van der Waals surface area contributed by atoms with Crippen molar-refractivity contribution in [2.75, 3.05) is 13.1 Å². The Morgan fingerprint density at radius 2 is 1.62 bits per heavy atom. The van der Waals surface area contributed by atoms with Crippen molar-refractivity contribution in [1.82, 2.24) is 5.32 Å². The maximum Gasteiger partial charge on any atom is 0.216 e. The molecule has 3 heteroatoms. The standard InChI is InChI=1S/C6H13NO.C4H11N/c1-5(2)4-7-6(3)8;1-4(2)3-5/h5H,4H2,1-3H3,(H,7,8);4H,3,5H2,1-2H3. The smallest absolute Gasteiger partial charge is 0.216 e. The fraction of sp³-hybridized carbons (Fsp3) is 0.900. The Morgan fingerprint density at radius 3 is 1.69 bits per heavy atom. The average molecular weight is 188 g/mol. The molecule has 0 heterocycles. The van der Waals surface area contributed by atoms with Gasteiger partial charge < -0.3 is 11.1 Å². The molecule has 0 aromatic heterocycles. The SMILES string of the molecule is CC(=O)NCC(C)C.CC(C)CN. The van der Waals surface area contributed by atoms with Gasteiger partial charge in [-0.2, -0.15) is 0 Å². The van der Waals surface area contributed by atoms with Gasteiger partial charge in [-0.3, -0.25) is 4.79 Å². The third kappa shape index (κ3) is 24.6. The van der Waals surface area contributed by atoms with Gasteiger partial charge in [0.05, 0.1) is 0 Å². The fourth-order valence-electron chi connectivity index (χ4n) is 0.348. The largest absolute Gasteiger partial charge is 0.356 e. The van der Waals surface area contributed by atoms with E-state index in [-0.39, 0.29) is 5.91 Å². The van der Waals surface area contributed by atoms with Crippen molar-refractivity contribution >= 4 is 5.91 Å². The highest BCUT2D eigenvalue weighted by Crippen LogP contribution is 1.85. The number of carbonyl (C=O) groups excluding carboxylic acids is 1. The lowest BCUT2D eigenvalue weighted by Gasteiger charge is -2.02. The minimum atomic E-state index is 0.0544. The maximum atomic E-state index is 10.2. The van der Waals surface area contributed by atoms with Crippen LogP contribution in [0.15, 0.2) is 0 Å². The summed E-state index contributed by atoms with van der Waals surface area (Å²) in [6.45, 7) is 11.4. The molecule has 3 nitrogen and oxygen atoms in total. The molecular weight excluding hydrogens is 164 g/mol. The molecule has 0 spiro atoms. The summed E-state index contributed by atoms with van der Waals surface area (Å²) in [5.74, 6) is 1.27. The van der Waals surface area contributed by atoms with Gasteiger partial charge in [-0.1, -0.05) is 27.7 Å².